The van der Waals surface area contributed by atoms with Crippen LogP contribution >= 0.6 is 0 Å². The molecule has 1 saturated carbocycles. The summed E-state index contributed by atoms with van der Waals surface area (Å²) >= 11 is 0. The SMILES string of the molecule is CC1C(=O)CCC2C(=O)N(c3ccccc3)C(=O)C12. The maximum absolute atomic E-state index is 12.5. The van der Waals surface area contributed by atoms with E-state index in [1.165, 1.54) is 4.90 Å². The smallest absolute Gasteiger partial charge is 0.238 e. The van der Waals surface area contributed by atoms with Crippen molar-refractivity contribution in [1.29, 1.82) is 0 Å². The summed E-state index contributed by atoms with van der Waals surface area (Å²) in [6.45, 7) is 1.76. The molecule has 1 aromatic rings. The molecule has 0 bridgehead atoms. The molecule has 1 aliphatic heterocycles. The van der Waals surface area contributed by atoms with Crippen LogP contribution in [0.1, 0.15) is 19.8 Å². The third-order valence-electron chi connectivity index (χ3n) is 4.24. The molecular formula is C15H15NO3. The summed E-state index contributed by atoms with van der Waals surface area (Å²) in [6, 6.07) is 8.94. The highest BCUT2D eigenvalue weighted by Gasteiger charge is 2.53. The van der Waals surface area contributed by atoms with Crippen molar-refractivity contribution in [3.63, 3.8) is 0 Å². The Morgan fingerprint density at radius 3 is 2.42 bits per heavy atom. The number of hydrogen-bond acceptors (Lipinski definition) is 3. The van der Waals surface area contributed by atoms with Crippen molar-refractivity contribution < 1.29 is 14.4 Å². The molecule has 19 heavy (non-hydrogen) atoms. The highest BCUT2D eigenvalue weighted by molar-refractivity contribution is 6.23. The fourth-order valence-corrected chi connectivity index (χ4v) is 3.17. The fourth-order valence-electron chi connectivity index (χ4n) is 3.17. The van der Waals surface area contributed by atoms with E-state index in [9.17, 15) is 14.4 Å². The molecule has 2 fully saturated rings. The van der Waals surface area contributed by atoms with Crippen molar-refractivity contribution in [2.24, 2.45) is 17.8 Å². The zero-order valence-corrected chi connectivity index (χ0v) is 10.7. The summed E-state index contributed by atoms with van der Waals surface area (Å²) in [5, 5.41) is 0. The van der Waals surface area contributed by atoms with Gasteiger partial charge in [0.05, 0.1) is 17.5 Å². The lowest BCUT2D eigenvalue weighted by Gasteiger charge is -2.25. The van der Waals surface area contributed by atoms with Gasteiger partial charge in [0, 0.05) is 12.3 Å². The molecule has 1 aromatic carbocycles. The van der Waals surface area contributed by atoms with Crippen LogP contribution in [0.2, 0.25) is 0 Å². The molecule has 98 valence electrons. The maximum atomic E-state index is 12.5. The molecule has 3 unspecified atom stereocenters. The second kappa shape index (κ2) is 4.30. The minimum absolute atomic E-state index is 0.0947. The van der Waals surface area contributed by atoms with Gasteiger partial charge in [0.15, 0.2) is 0 Å². The van der Waals surface area contributed by atoms with Crippen molar-refractivity contribution >= 4 is 23.3 Å². The quantitative estimate of drug-likeness (QED) is 0.721. The lowest BCUT2D eigenvalue weighted by Crippen LogP contribution is -2.35. The van der Waals surface area contributed by atoms with Crippen LogP contribution in [-0.2, 0) is 14.4 Å². The van der Waals surface area contributed by atoms with Crippen molar-refractivity contribution in [2.75, 3.05) is 4.90 Å². The summed E-state index contributed by atoms with van der Waals surface area (Å²) in [5.74, 6) is -1.40. The summed E-state index contributed by atoms with van der Waals surface area (Å²) in [4.78, 5) is 37.9. The molecule has 1 aliphatic carbocycles. The molecule has 4 nitrogen and oxygen atoms in total. The van der Waals surface area contributed by atoms with E-state index in [2.05, 4.69) is 0 Å². The van der Waals surface area contributed by atoms with Crippen LogP contribution in [0, 0.1) is 17.8 Å². The first kappa shape index (κ1) is 12.1. The molecule has 2 amide bonds. The summed E-state index contributed by atoms with van der Waals surface area (Å²) in [5.41, 5.74) is 0.603. The maximum Gasteiger partial charge on any atom is 0.238 e. The normalized spacial score (nSPS) is 30.7. The number of nitrogens with zero attached hydrogens (tertiary/aromatic N) is 1. The van der Waals surface area contributed by atoms with Gasteiger partial charge in [0.25, 0.3) is 0 Å². The second-order valence-electron chi connectivity index (χ2n) is 5.27. The number of ketones is 1. The van der Waals surface area contributed by atoms with Gasteiger partial charge in [-0.2, -0.15) is 0 Å². The minimum Gasteiger partial charge on any atom is -0.299 e. The Balaban J connectivity index is 2.00. The molecule has 1 saturated heterocycles. The lowest BCUT2D eigenvalue weighted by molar-refractivity contribution is -0.134. The molecule has 1 heterocycles. The van der Waals surface area contributed by atoms with Crippen LogP contribution in [0.15, 0.2) is 30.3 Å². The first-order valence-electron chi connectivity index (χ1n) is 6.57. The Bertz CT molecular complexity index is 552. The van der Waals surface area contributed by atoms with E-state index in [4.69, 9.17) is 0 Å². The summed E-state index contributed by atoms with van der Waals surface area (Å²) in [6.07, 6.45) is 0.908. The minimum atomic E-state index is -0.464. The molecule has 0 radical (unpaired) electrons. The topological polar surface area (TPSA) is 54.5 Å². The second-order valence-corrected chi connectivity index (χ2v) is 5.27. The Morgan fingerprint density at radius 1 is 1.05 bits per heavy atom. The molecule has 0 N–H and O–H groups in total. The van der Waals surface area contributed by atoms with Gasteiger partial charge in [-0.1, -0.05) is 25.1 Å². The fraction of sp³-hybridized carbons (Fsp3) is 0.400. The molecule has 3 rings (SSSR count). The molecule has 0 spiro atoms. The number of carbonyl (C=O) groups is 3. The van der Waals surface area contributed by atoms with Crippen LogP contribution in [0.5, 0.6) is 0 Å². The lowest BCUT2D eigenvalue weighted by atomic mass is 9.73. The van der Waals surface area contributed by atoms with Crippen molar-refractivity contribution in [1.82, 2.24) is 0 Å². The zero-order chi connectivity index (χ0) is 13.6. The van der Waals surface area contributed by atoms with Crippen LogP contribution in [-0.4, -0.2) is 17.6 Å². The molecule has 0 aromatic heterocycles. The van der Waals surface area contributed by atoms with E-state index in [0.717, 1.165) is 0 Å². The summed E-state index contributed by atoms with van der Waals surface area (Å²) in [7, 11) is 0. The molecule has 3 atom stereocenters. The number of imide groups is 1. The number of rotatable bonds is 1. The van der Waals surface area contributed by atoms with Gasteiger partial charge in [0.1, 0.15) is 5.78 Å². The number of hydrogen-bond donors (Lipinski definition) is 0. The van der Waals surface area contributed by atoms with E-state index < -0.39 is 5.92 Å². The first-order valence-corrected chi connectivity index (χ1v) is 6.57. The molecule has 2 aliphatic rings. The highest BCUT2D eigenvalue weighted by atomic mass is 16.2. The predicted molar refractivity (Wildman–Crippen MR) is 69.3 cm³/mol. The van der Waals surface area contributed by atoms with E-state index in [1.54, 1.807) is 31.2 Å². The van der Waals surface area contributed by atoms with Crippen LogP contribution < -0.4 is 4.90 Å². The van der Waals surface area contributed by atoms with Gasteiger partial charge in [-0.05, 0) is 18.6 Å². The number of carbonyl (C=O) groups excluding carboxylic acids is 3. The van der Waals surface area contributed by atoms with Crippen LogP contribution in [0.3, 0.4) is 0 Å². The van der Waals surface area contributed by atoms with Crippen molar-refractivity contribution in [3.8, 4) is 0 Å². The highest BCUT2D eigenvalue weighted by Crippen LogP contribution is 2.41. The number of anilines is 1. The predicted octanol–water partition coefficient (Wildman–Crippen LogP) is 1.79. The van der Waals surface area contributed by atoms with Crippen LogP contribution in [0.25, 0.3) is 0 Å². The third kappa shape index (κ3) is 1.70. The van der Waals surface area contributed by atoms with Gasteiger partial charge in [-0.25, -0.2) is 0 Å². The number of benzene rings is 1. The molecule has 4 heteroatoms. The third-order valence-corrected chi connectivity index (χ3v) is 4.24. The number of Topliss-reactive ketones (excluding diaryl/α,β-unsaturated/α-hetero) is 1. The Labute approximate surface area is 111 Å². The van der Waals surface area contributed by atoms with Crippen LogP contribution in [0.4, 0.5) is 5.69 Å². The Hall–Kier alpha value is -1.97. The van der Waals surface area contributed by atoms with E-state index >= 15 is 0 Å². The van der Waals surface area contributed by atoms with E-state index in [0.29, 0.717) is 18.5 Å². The van der Waals surface area contributed by atoms with Gasteiger partial charge < -0.3 is 0 Å². The zero-order valence-electron chi connectivity index (χ0n) is 10.7. The first-order chi connectivity index (χ1) is 9.11. The number of amides is 2. The largest absolute Gasteiger partial charge is 0.299 e. The van der Waals surface area contributed by atoms with Gasteiger partial charge in [-0.15, -0.1) is 0 Å². The van der Waals surface area contributed by atoms with Crippen molar-refractivity contribution in [3.05, 3.63) is 30.3 Å². The summed E-state index contributed by atoms with van der Waals surface area (Å²) < 4.78 is 0. The average molecular weight is 257 g/mol. The van der Waals surface area contributed by atoms with Gasteiger partial charge in [0.2, 0.25) is 11.8 Å². The van der Waals surface area contributed by atoms with Crippen molar-refractivity contribution in [2.45, 2.75) is 19.8 Å². The Kier molecular flexibility index (Phi) is 2.73. The number of para-hydroxylation sites is 1. The standard InChI is InChI=1S/C15H15NO3/c1-9-12(17)8-7-11-13(9)15(19)16(14(11)18)10-5-3-2-4-6-10/h2-6,9,11,13H,7-8H2,1H3. The average Bonchev–Trinajstić information content (AvgIpc) is 2.67. The monoisotopic (exact) mass is 257 g/mol. The van der Waals surface area contributed by atoms with E-state index in [-0.39, 0.29) is 29.4 Å². The van der Waals surface area contributed by atoms with Gasteiger partial charge in [-0.3, -0.25) is 19.3 Å². The van der Waals surface area contributed by atoms with E-state index in [1.807, 2.05) is 6.07 Å². The van der Waals surface area contributed by atoms with Gasteiger partial charge >= 0.3 is 0 Å². The molecular weight excluding hydrogens is 242 g/mol. The number of fused-ring (bicyclic) bond motifs is 1. The Morgan fingerprint density at radius 2 is 1.74 bits per heavy atom.